The van der Waals surface area contributed by atoms with Gasteiger partial charge in [-0.25, -0.2) is 0 Å². The fourth-order valence-corrected chi connectivity index (χ4v) is 7.63. The van der Waals surface area contributed by atoms with Crippen LogP contribution in [0, 0.1) is 0 Å². The van der Waals surface area contributed by atoms with Gasteiger partial charge in [-0.15, -0.1) is 23.1 Å². The third-order valence-electron chi connectivity index (χ3n) is 5.87. The van der Waals surface area contributed by atoms with Gasteiger partial charge in [-0.3, -0.25) is 9.36 Å². The standard InChI is InChI=1S/C25H26N3OS3/c1-4-27-19-11-10-17-8-6-7-9-18(17)24(19)32-22(27)16-23-28(5-2)25(29)20(31-23)12-13-21-26(3)14-15-30-21/h6-13,16H,4-5,14-15H2,1-3H3/q+1. The summed E-state index contributed by atoms with van der Waals surface area (Å²) in [6.45, 7) is 6.84. The molecule has 0 spiro atoms. The summed E-state index contributed by atoms with van der Waals surface area (Å²) < 4.78 is 7.35. The topological polar surface area (TPSA) is 29.1 Å². The Hall–Kier alpha value is -2.35. The molecule has 0 N–H and O–H groups in total. The number of nitrogens with zero attached hydrogens (tertiary/aromatic N) is 3. The van der Waals surface area contributed by atoms with Gasteiger partial charge >= 0.3 is 0 Å². The lowest BCUT2D eigenvalue weighted by molar-refractivity contribution is -0.665. The largest absolute Gasteiger partial charge is 0.369 e. The van der Waals surface area contributed by atoms with Crippen LogP contribution in [0.1, 0.15) is 18.9 Å². The molecule has 0 atom stereocenters. The summed E-state index contributed by atoms with van der Waals surface area (Å²) in [6, 6.07) is 13.0. The summed E-state index contributed by atoms with van der Waals surface area (Å²) in [5, 5.41) is 4.96. The second kappa shape index (κ2) is 8.89. The number of thiazole rings is 2. The Labute approximate surface area is 199 Å². The molecule has 164 valence electrons. The van der Waals surface area contributed by atoms with Crippen LogP contribution in [0.3, 0.4) is 0 Å². The Kier molecular flexibility index (Phi) is 5.97. The Morgan fingerprint density at radius 2 is 1.94 bits per heavy atom. The highest BCUT2D eigenvalue weighted by Gasteiger charge is 2.20. The highest BCUT2D eigenvalue weighted by molar-refractivity contribution is 8.03. The Bertz CT molecular complexity index is 1520. The van der Waals surface area contributed by atoms with Gasteiger partial charge in [0.05, 0.1) is 15.6 Å². The van der Waals surface area contributed by atoms with Gasteiger partial charge < -0.3 is 4.90 Å². The first-order valence-electron chi connectivity index (χ1n) is 10.9. The maximum absolute atomic E-state index is 13.1. The fraction of sp³-hybridized carbons (Fsp3) is 0.280. The second-order valence-electron chi connectivity index (χ2n) is 7.76. The van der Waals surface area contributed by atoms with Crippen molar-refractivity contribution in [3.63, 3.8) is 0 Å². The Morgan fingerprint density at radius 1 is 1.09 bits per heavy atom. The minimum absolute atomic E-state index is 0.0980. The molecule has 0 bridgehead atoms. The number of hydrogen-bond donors (Lipinski definition) is 0. The molecule has 1 aliphatic rings. The smallest absolute Gasteiger partial charge is 0.269 e. The van der Waals surface area contributed by atoms with Crippen LogP contribution in [0.4, 0.5) is 0 Å². The van der Waals surface area contributed by atoms with E-state index in [1.54, 1.807) is 11.3 Å². The molecular weight excluding hydrogens is 454 g/mol. The number of fused-ring (bicyclic) bond motifs is 3. The Morgan fingerprint density at radius 3 is 2.69 bits per heavy atom. The van der Waals surface area contributed by atoms with Crippen molar-refractivity contribution in [3.8, 4) is 0 Å². The van der Waals surface area contributed by atoms with Gasteiger partial charge in [-0.2, -0.15) is 4.57 Å². The molecule has 4 nitrogen and oxygen atoms in total. The predicted molar refractivity (Wildman–Crippen MR) is 140 cm³/mol. The zero-order chi connectivity index (χ0) is 22.2. The third-order valence-corrected chi connectivity index (χ3v) is 9.26. The summed E-state index contributed by atoms with van der Waals surface area (Å²) >= 11 is 5.24. The van der Waals surface area contributed by atoms with Crippen molar-refractivity contribution in [1.29, 1.82) is 0 Å². The highest BCUT2D eigenvalue weighted by Crippen LogP contribution is 2.29. The molecular formula is C25H26N3OS3+. The van der Waals surface area contributed by atoms with Crippen LogP contribution in [-0.2, 0) is 13.1 Å². The van der Waals surface area contributed by atoms with E-state index in [4.69, 9.17) is 0 Å². The molecule has 0 unspecified atom stereocenters. The molecule has 1 aliphatic heterocycles. The second-order valence-corrected chi connectivity index (χ2v) is 11.0. The lowest BCUT2D eigenvalue weighted by atomic mass is 10.1. The van der Waals surface area contributed by atoms with E-state index < -0.39 is 0 Å². The molecule has 0 aliphatic carbocycles. The number of benzene rings is 2. The summed E-state index contributed by atoms with van der Waals surface area (Å²) in [7, 11) is 2.10. The molecule has 1 saturated heterocycles. The third kappa shape index (κ3) is 3.72. The zero-order valence-electron chi connectivity index (χ0n) is 18.5. The molecule has 0 radical (unpaired) electrons. The molecule has 3 heterocycles. The summed E-state index contributed by atoms with van der Waals surface area (Å²) in [6.07, 6.45) is 6.28. The van der Waals surface area contributed by atoms with Crippen LogP contribution in [-0.4, -0.2) is 28.8 Å². The predicted octanol–water partition coefficient (Wildman–Crippen LogP) is 3.73. The van der Waals surface area contributed by atoms with Crippen molar-refractivity contribution in [2.45, 2.75) is 26.9 Å². The number of aromatic nitrogens is 2. The number of allylic oxidation sites excluding steroid dienone is 1. The minimum atomic E-state index is 0.0980. The normalized spacial score (nSPS) is 17.0. The van der Waals surface area contributed by atoms with E-state index in [1.807, 2.05) is 40.7 Å². The molecule has 0 amide bonds. The molecule has 4 aromatic rings. The lowest BCUT2D eigenvalue weighted by Crippen LogP contribution is -2.35. The number of hydrogen-bond acceptors (Lipinski definition) is 5. The minimum Gasteiger partial charge on any atom is -0.369 e. The fourth-order valence-electron chi connectivity index (χ4n) is 4.16. The van der Waals surface area contributed by atoms with Crippen molar-refractivity contribution < 1.29 is 4.57 Å². The number of rotatable bonds is 4. The molecule has 2 aromatic heterocycles. The molecule has 7 heteroatoms. The average molecular weight is 481 g/mol. The van der Waals surface area contributed by atoms with Crippen molar-refractivity contribution in [2.75, 3.05) is 19.3 Å². The zero-order valence-corrected chi connectivity index (χ0v) is 20.9. The van der Waals surface area contributed by atoms with Crippen molar-refractivity contribution in [3.05, 3.63) is 72.1 Å². The summed E-state index contributed by atoms with van der Waals surface area (Å²) in [5.41, 5.74) is 1.35. The van der Waals surface area contributed by atoms with Crippen LogP contribution in [0.25, 0.3) is 33.1 Å². The number of aryl methyl sites for hydroxylation is 1. The molecule has 32 heavy (non-hydrogen) atoms. The van der Waals surface area contributed by atoms with Crippen LogP contribution in [0.2, 0.25) is 0 Å². The van der Waals surface area contributed by atoms with Crippen molar-refractivity contribution >= 4 is 67.6 Å². The maximum atomic E-state index is 13.1. The van der Waals surface area contributed by atoms with E-state index in [2.05, 4.69) is 72.0 Å². The maximum Gasteiger partial charge on any atom is 0.269 e. The number of thioether (sulfide) groups is 1. The van der Waals surface area contributed by atoms with E-state index in [1.165, 1.54) is 31.0 Å². The van der Waals surface area contributed by atoms with E-state index in [9.17, 15) is 4.79 Å². The van der Waals surface area contributed by atoms with Gasteiger partial charge in [0, 0.05) is 37.3 Å². The molecule has 5 rings (SSSR count). The van der Waals surface area contributed by atoms with Crippen LogP contribution < -0.4 is 19.3 Å². The summed E-state index contributed by atoms with van der Waals surface area (Å²) in [4.78, 5) is 15.3. The monoisotopic (exact) mass is 480 g/mol. The lowest BCUT2D eigenvalue weighted by Gasteiger charge is -2.09. The quantitative estimate of drug-likeness (QED) is 0.417. The first kappa shape index (κ1) is 21.5. The van der Waals surface area contributed by atoms with Gasteiger partial charge in [0.15, 0.2) is 0 Å². The van der Waals surface area contributed by atoms with Crippen LogP contribution in [0.5, 0.6) is 0 Å². The van der Waals surface area contributed by atoms with E-state index >= 15 is 0 Å². The van der Waals surface area contributed by atoms with Crippen LogP contribution >= 0.6 is 34.4 Å². The van der Waals surface area contributed by atoms with Crippen molar-refractivity contribution in [2.24, 2.45) is 0 Å². The summed E-state index contributed by atoms with van der Waals surface area (Å²) in [5.74, 6) is 1.11. The Balaban J connectivity index is 1.70. The van der Waals surface area contributed by atoms with Gasteiger partial charge in [0.25, 0.3) is 10.6 Å². The van der Waals surface area contributed by atoms with E-state index in [0.29, 0.717) is 6.54 Å². The average Bonchev–Trinajstić information content (AvgIpc) is 3.47. The van der Waals surface area contributed by atoms with E-state index in [0.717, 1.165) is 28.0 Å². The molecule has 0 saturated carbocycles. The molecule has 1 fully saturated rings. The van der Waals surface area contributed by atoms with Gasteiger partial charge in [-0.05, 0) is 37.5 Å². The SMILES string of the molecule is CCn1c(=Cc2sc3c4ccccc4ccc3[n+]2CC)sc(=CC=C2SCCN2C)c1=O. The van der Waals surface area contributed by atoms with Gasteiger partial charge in [-0.1, -0.05) is 35.6 Å². The van der Waals surface area contributed by atoms with Gasteiger partial charge in [0.2, 0.25) is 5.52 Å². The highest BCUT2D eigenvalue weighted by atomic mass is 32.2. The van der Waals surface area contributed by atoms with Gasteiger partial charge in [0.1, 0.15) is 15.9 Å². The van der Waals surface area contributed by atoms with Crippen LogP contribution in [0.15, 0.2) is 52.3 Å². The first-order chi connectivity index (χ1) is 15.6. The van der Waals surface area contributed by atoms with E-state index in [-0.39, 0.29) is 5.56 Å². The van der Waals surface area contributed by atoms with Crippen molar-refractivity contribution in [1.82, 2.24) is 9.47 Å². The molecule has 2 aromatic carbocycles. The first-order valence-corrected chi connectivity index (χ1v) is 13.5.